The number of ether oxygens (including phenoxy) is 4. The van der Waals surface area contributed by atoms with E-state index in [9.17, 15) is 52.7 Å². The Morgan fingerprint density at radius 3 is 1.71 bits per heavy atom. The van der Waals surface area contributed by atoms with Gasteiger partial charge in [-0.2, -0.15) is 0 Å². The molecule has 0 spiro atoms. The van der Waals surface area contributed by atoms with Crippen LogP contribution in [0.3, 0.4) is 0 Å². The van der Waals surface area contributed by atoms with E-state index in [4.69, 9.17) is 29.8 Å². The molecule has 1 fully saturated rings. The number of nitrogens with one attached hydrogen (secondary N) is 4. The number of amides is 4. The molecule has 22 heteroatoms. The molecule has 1 aliphatic rings. The van der Waals surface area contributed by atoms with E-state index in [1.54, 1.807) is 25.7 Å². The minimum Gasteiger partial charge on any atom is -0.481 e. The highest BCUT2D eigenvalue weighted by Gasteiger charge is 2.36. The summed E-state index contributed by atoms with van der Waals surface area (Å²) in [6.45, 7) is 10.4. The van der Waals surface area contributed by atoms with Crippen LogP contribution in [-0.4, -0.2) is 178 Å². The zero-order valence-electron chi connectivity index (χ0n) is 53.3. The molecule has 1 aliphatic heterocycles. The largest absolute Gasteiger partial charge is 0.481 e. The van der Waals surface area contributed by atoms with E-state index >= 15 is 0 Å². The first kappa shape index (κ1) is 79.1. The van der Waals surface area contributed by atoms with Crippen LogP contribution in [0.15, 0.2) is 0 Å². The van der Waals surface area contributed by atoms with Crippen molar-refractivity contribution in [3.05, 3.63) is 0 Å². The zero-order valence-corrected chi connectivity index (χ0v) is 53.3. The van der Waals surface area contributed by atoms with E-state index in [2.05, 4.69) is 21.3 Å². The molecule has 1 rings (SSSR count). The van der Waals surface area contributed by atoms with E-state index in [1.165, 1.54) is 71.6 Å². The zero-order chi connectivity index (χ0) is 63.8. The molecule has 494 valence electrons. The Hall–Kier alpha value is -4.87. The third-order valence-corrected chi connectivity index (χ3v) is 15.7. The van der Waals surface area contributed by atoms with Gasteiger partial charge in [-0.25, -0.2) is 0 Å². The number of nitrogens with two attached hydrogens (primary N) is 1. The lowest BCUT2D eigenvalue weighted by atomic mass is 9.81. The van der Waals surface area contributed by atoms with Crippen molar-refractivity contribution in [1.82, 2.24) is 26.2 Å². The van der Waals surface area contributed by atoms with Crippen molar-refractivity contribution in [3.63, 3.8) is 0 Å². The molecule has 1 heterocycles. The second-order valence-corrected chi connectivity index (χ2v) is 24.0. The second-order valence-electron chi connectivity index (χ2n) is 24.0. The summed E-state index contributed by atoms with van der Waals surface area (Å²) in [6.07, 6.45) is 23.2. The topological polar surface area (TPSA) is 322 Å². The van der Waals surface area contributed by atoms with E-state index in [-0.39, 0.29) is 163 Å². The number of aliphatic carboxylic acids is 1. The fourth-order valence-corrected chi connectivity index (χ4v) is 10.1. The Kier molecular flexibility index (Phi) is 46.1. The van der Waals surface area contributed by atoms with Gasteiger partial charge in [0.05, 0.1) is 64.2 Å². The standard InChI is InChI=1S/C64H112N6O16/c1-49(44-50(2)71)57(75)45-68-54(56(74)33-34-64(4,5)58(76)46-70-37-24-28-55(70)63(65)82)27-22-23-35-66-61(79)48-86-43-40-83-38-25-26-52(73)47-85-42-41-84-39-36-67-59(77)32-31-53(51(3)72)69-60(78)29-20-18-16-14-12-10-8-6-7-9-11-13-15-17-19-21-30-62(80)81/h49,53-55,68H,6-48H2,1-5H3,(H2,65,82)(H,66,79)(H,67,77)(H,69,78)(H,80,81)/t49-,53+,54+,55+/m1/s1. The van der Waals surface area contributed by atoms with Crippen LogP contribution in [0.5, 0.6) is 0 Å². The molecule has 0 unspecified atom stereocenters. The molecule has 4 amide bonds. The molecule has 0 aromatic heterocycles. The van der Waals surface area contributed by atoms with Gasteiger partial charge in [0.1, 0.15) is 30.6 Å². The predicted molar refractivity (Wildman–Crippen MR) is 328 cm³/mol. The maximum Gasteiger partial charge on any atom is 0.303 e. The number of hydrogen-bond acceptors (Lipinski definition) is 17. The van der Waals surface area contributed by atoms with Crippen LogP contribution in [0, 0.1) is 11.3 Å². The summed E-state index contributed by atoms with van der Waals surface area (Å²) >= 11 is 0. The van der Waals surface area contributed by atoms with E-state index in [1.807, 2.05) is 0 Å². The van der Waals surface area contributed by atoms with Crippen LogP contribution in [0.4, 0.5) is 0 Å². The Morgan fingerprint density at radius 2 is 1.13 bits per heavy atom. The van der Waals surface area contributed by atoms with Gasteiger partial charge in [0, 0.05) is 69.6 Å². The van der Waals surface area contributed by atoms with Crippen LogP contribution in [0.2, 0.25) is 0 Å². The molecule has 22 nitrogen and oxygen atoms in total. The molecule has 86 heavy (non-hydrogen) atoms. The smallest absolute Gasteiger partial charge is 0.303 e. The Bertz CT molecular complexity index is 2000. The van der Waals surface area contributed by atoms with Crippen LogP contribution >= 0.6 is 0 Å². The Morgan fingerprint density at radius 1 is 0.570 bits per heavy atom. The molecular weight excluding hydrogens is 1110 g/mol. The van der Waals surface area contributed by atoms with Crippen molar-refractivity contribution in [2.24, 2.45) is 17.1 Å². The van der Waals surface area contributed by atoms with Gasteiger partial charge in [-0.3, -0.25) is 52.8 Å². The number of carboxylic acids is 1. The van der Waals surface area contributed by atoms with Crippen LogP contribution in [0.1, 0.15) is 227 Å². The SMILES string of the molecule is CC(=O)C[C@@H](C)C(=O)CN[C@@H](CCCCNC(=O)COCCOCCCC(=O)COCCOCCNC(=O)CC[C@H](NC(=O)CCCCCCCCCCCCCCCCCCC(=O)O)C(C)=O)C(=O)CCC(C)(C)C(=O)CN1CCC[C@H]1C(N)=O. The summed E-state index contributed by atoms with van der Waals surface area (Å²) < 4.78 is 21.8. The molecule has 0 bridgehead atoms. The third kappa shape index (κ3) is 42.9. The number of carbonyl (C=O) groups excluding carboxylic acids is 10. The monoisotopic (exact) mass is 1220 g/mol. The highest BCUT2D eigenvalue weighted by atomic mass is 16.5. The van der Waals surface area contributed by atoms with Crippen LogP contribution in [-0.2, 0) is 71.7 Å². The van der Waals surface area contributed by atoms with Gasteiger partial charge in [0.25, 0.3) is 0 Å². The number of rotatable bonds is 60. The summed E-state index contributed by atoms with van der Waals surface area (Å²) in [5, 5.41) is 20.1. The highest BCUT2D eigenvalue weighted by molar-refractivity contribution is 5.91. The average molecular weight is 1220 g/mol. The lowest BCUT2D eigenvalue weighted by molar-refractivity contribution is -0.137. The minimum absolute atomic E-state index is 0.0693. The number of likely N-dealkylation sites (tertiary alicyclic amines) is 1. The molecular formula is C64H112N6O16. The number of primary amides is 1. The van der Waals surface area contributed by atoms with Crippen molar-refractivity contribution in [1.29, 1.82) is 0 Å². The lowest BCUT2D eigenvalue weighted by Crippen LogP contribution is -2.45. The molecule has 7 N–H and O–H groups in total. The average Bonchev–Trinajstić information content (AvgIpc) is 4.01. The van der Waals surface area contributed by atoms with Gasteiger partial charge in [-0.15, -0.1) is 0 Å². The van der Waals surface area contributed by atoms with Crippen LogP contribution < -0.4 is 27.0 Å². The first-order valence-electron chi connectivity index (χ1n) is 32.3. The Balaban J connectivity index is 2.11. The first-order valence-corrected chi connectivity index (χ1v) is 32.3. The van der Waals surface area contributed by atoms with Crippen molar-refractivity contribution >= 4 is 64.3 Å². The molecule has 0 aromatic rings. The molecule has 0 aliphatic carbocycles. The molecule has 4 atom stereocenters. The van der Waals surface area contributed by atoms with Gasteiger partial charge >= 0.3 is 5.97 Å². The number of ketones is 6. The van der Waals surface area contributed by atoms with Gasteiger partial charge in [0.15, 0.2) is 17.3 Å². The van der Waals surface area contributed by atoms with E-state index in [0.717, 1.165) is 51.4 Å². The van der Waals surface area contributed by atoms with Gasteiger partial charge < -0.3 is 55.8 Å². The van der Waals surface area contributed by atoms with Gasteiger partial charge in [-0.1, -0.05) is 111 Å². The third-order valence-electron chi connectivity index (χ3n) is 15.7. The van der Waals surface area contributed by atoms with Gasteiger partial charge in [0.2, 0.25) is 23.6 Å². The number of nitrogens with zero attached hydrogens (tertiary/aromatic N) is 1. The summed E-state index contributed by atoms with van der Waals surface area (Å²) in [4.78, 5) is 137. The maximum atomic E-state index is 13.5. The number of carboxylic acid groups (broad SMARTS) is 1. The maximum absolute atomic E-state index is 13.5. The fourth-order valence-electron chi connectivity index (χ4n) is 10.1. The highest BCUT2D eigenvalue weighted by Crippen LogP contribution is 2.27. The summed E-state index contributed by atoms with van der Waals surface area (Å²) in [5.41, 5.74) is 4.70. The van der Waals surface area contributed by atoms with Crippen molar-refractivity contribution in [2.45, 2.75) is 245 Å². The quantitative estimate of drug-likeness (QED) is 0.0341. The Labute approximate surface area is 513 Å². The molecule has 1 saturated heterocycles. The first-order chi connectivity index (χ1) is 41.1. The van der Waals surface area contributed by atoms with Crippen molar-refractivity contribution in [3.8, 4) is 0 Å². The number of hydrogen-bond donors (Lipinski definition) is 6. The molecule has 0 saturated carbocycles. The second kappa shape index (κ2) is 50.0. The van der Waals surface area contributed by atoms with Crippen LogP contribution in [0.25, 0.3) is 0 Å². The molecule has 0 aromatic carbocycles. The van der Waals surface area contributed by atoms with Gasteiger partial charge in [-0.05, 0) is 84.6 Å². The summed E-state index contributed by atoms with van der Waals surface area (Å²) in [5.74, 6) is -3.18. The molecule has 0 radical (unpaired) electrons. The lowest BCUT2D eigenvalue weighted by Gasteiger charge is -2.28. The fraction of sp³-hybridized carbons (Fsp3) is 0.828. The minimum atomic E-state index is -0.837. The van der Waals surface area contributed by atoms with E-state index < -0.39 is 41.3 Å². The number of unbranched alkanes of at least 4 members (excludes halogenated alkanes) is 16. The van der Waals surface area contributed by atoms with E-state index in [0.29, 0.717) is 58.2 Å². The van der Waals surface area contributed by atoms with Crippen molar-refractivity contribution in [2.75, 3.05) is 85.6 Å². The number of carbonyl (C=O) groups is 11. The number of Topliss-reactive ketones (excluding diaryl/α,β-unsaturated/α-hetero) is 6. The predicted octanol–water partition coefficient (Wildman–Crippen LogP) is 6.80. The van der Waals surface area contributed by atoms with Crippen molar-refractivity contribution < 1.29 is 76.8 Å². The summed E-state index contributed by atoms with van der Waals surface area (Å²) in [7, 11) is 0. The summed E-state index contributed by atoms with van der Waals surface area (Å²) in [6, 6.07) is -1.85. The normalized spacial score (nSPS) is 14.5.